The Morgan fingerprint density at radius 1 is 1.30 bits per heavy atom. The highest BCUT2D eigenvalue weighted by molar-refractivity contribution is 5.83. The molecule has 3 heterocycles. The van der Waals surface area contributed by atoms with E-state index in [0.29, 0.717) is 52.4 Å². The molecule has 2 aliphatic rings. The lowest BCUT2D eigenvalue weighted by molar-refractivity contribution is -0.142. The predicted molar refractivity (Wildman–Crippen MR) is 101 cm³/mol. The molecule has 0 spiro atoms. The number of rotatable bonds is 6. The largest absolute Gasteiger partial charge is 0.378 e. The Balaban J connectivity index is 1.46. The number of piperidine rings is 1. The first kappa shape index (κ1) is 19.8. The van der Waals surface area contributed by atoms with E-state index in [4.69, 9.17) is 4.74 Å². The van der Waals surface area contributed by atoms with Gasteiger partial charge in [0, 0.05) is 53.0 Å². The second-order valence-corrected chi connectivity index (χ2v) is 7.61. The minimum atomic E-state index is -0.128. The molecule has 3 rings (SSSR count). The van der Waals surface area contributed by atoms with Gasteiger partial charge in [-0.1, -0.05) is 0 Å². The smallest absolute Gasteiger partial charge is 0.227 e. The Morgan fingerprint density at radius 3 is 2.74 bits per heavy atom. The number of nitrogens with one attached hydrogen (secondary N) is 1. The van der Waals surface area contributed by atoms with Crippen LogP contribution in [0.15, 0.2) is 12.4 Å². The van der Waals surface area contributed by atoms with Gasteiger partial charge in [0.05, 0.1) is 31.2 Å². The molecule has 8 nitrogen and oxygen atoms in total. The first-order valence-corrected chi connectivity index (χ1v) is 9.84. The molecule has 2 saturated heterocycles. The number of aromatic nitrogens is 2. The number of amides is 2. The van der Waals surface area contributed by atoms with Crippen LogP contribution in [0.25, 0.3) is 0 Å². The van der Waals surface area contributed by atoms with E-state index in [9.17, 15) is 9.59 Å². The molecule has 2 atom stereocenters. The number of hydrogen-bond acceptors (Lipinski definition) is 5. The van der Waals surface area contributed by atoms with Crippen LogP contribution in [0.1, 0.15) is 18.4 Å². The maximum atomic E-state index is 12.8. The van der Waals surface area contributed by atoms with E-state index in [1.54, 1.807) is 4.68 Å². The van der Waals surface area contributed by atoms with Crippen molar-refractivity contribution in [3.8, 4) is 0 Å². The average Bonchev–Trinajstić information content (AvgIpc) is 3.12. The molecule has 150 valence electrons. The van der Waals surface area contributed by atoms with Crippen molar-refractivity contribution in [3.05, 3.63) is 18.0 Å². The Morgan fingerprint density at radius 2 is 2.04 bits per heavy atom. The van der Waals surface area contributed by atoms with Crippen molar-refractivity contribution in [2.24, 2.45) is 18.9 Å². The van der Waals surface area contributed by atoms with Crippen LogP contribution in [0.3, 0.4) is 0 Å². The van der Waals surface area contributed by atoms with Crippen LogP contribution < -0.4 is 5.32 Å². The van der Waals surface area contributed by atoms with Gasteiger partial charge in [0.1, 0.15) is 0 Å². The van der Waals surface area contributed by atoms with Gasteiger partial charge in [0.25, 0.3) is 0 Å². The molecule has 2 aliphatic heterocycles. The highest BCUT2D eigenvalue weighted by atomic mass is 16.5. The van der Waals surface area contributed by atoms with Gasteiger partial charge in [-0.25, -0.2) is 0 Å². The fourth-order valence-electron chi connectivity index (χ4n) is 3.90. The van der Waals surface area contributed by atoms with Crippen molar-refractivity contribution in [1.29, 1.82) is 0 Å². The number of nitrogens with zero attached hydrogens (tertiary/aromatic N) is 4. The SMILES string of the molecule is CN(CCCc1cnn(C)c1)C(=O)[C@H]1CNC[C@@H](C(=O)N2CCOCC2)C1. The summed E-state index contributed by atoms with van der Waals surface area (Å²) in [6, 6.07) is 0. The van der Waals surface area contributed by atoms with Crippen molar-refractivity contribution in [2.75, 3.05) is 53.0 Å². The number of ether oxygens (including phenoxy) is 1. The molecular formula is C19H31N5O3. The number of morpholine rings is 1. The van der Waals surface area contributed by atoms with Gasteiger partial charge in [-0.2, -0.15) is 5.10 Å². The molecule has 0 unspecified atom stereocenters. The number of carbonyl (C=O) groups excluding carboxylic acids is 2. The first-order valence-electron chi connectivity index (χ1n) is 9.84. The zero-order chi connectivity index (χ0) is 19.2. The quantitative estimate of drug-likeness (QED) is 0.749. The normalized spacial score (nSPS) is 23.3. The van der Waals surface area contributed by atoms with Gasteiger partial charge in [-0.05, 0) is 24.8 Å². The van der Waals surface area contributed by atoms with E-state index in [0.717, 1.165) is 12.8 Å². The van der Waals surface area contributed by atoms with Gasteiger partial charge in [-0.3, -0.25) is 14.3 Å². The third-order valence-corrected chi connectivity index (χ3v) is 5.47. The summed E-state index contributed by atoms with van der Waals surface area (Å²) in [5.41, 5.74) is 1.19. The van der Waals surface area contributed by atoms with E-state index in [1.807, 2.05) is 36.3 Å². The number of hydrogen-bond donors (Lipinski definition) is 1. The van der Waals surface area contributed by atoms with Gasteiger partial charge in [0.15, 0.2) is 0 Å². The summed E-state index contributed by atoms with van der Waals surface area (Å²) >= 11 is 0. The van der Waals surface area contributed by atoms with Crippen LogP contribution in [0.4, 0.5) is 0 Å². The Bertz CT molecular complexity index is 641. The lowest BCUT2D eigenvalue weighted by atomic mass is 9.88. The molecule has 0 saturated carbocycles. The fourth-order valence-corrected chi connectivity index (χ4v) is 3.90. The summed E-state index contributed by atoms with van der Waals surface area (Å²) in [5.74, 6) is 0.0439. The summed E-state index contributed by atoms with van der Waals surface area (Å²) < 4.78 is 7.12. The summed E-state index contributed by atoms with van der Waals surface area (Å²) in [7, 11) is 3.77. The minimum absolute atomic E-state index is 0.116. The van der Waals surface area contributed by atoms with Crippen molar-refractivity contribution >= 4 is 11.8 Å². The van der Waals surface area contributed by atoms with Crippen molar-refractivity contribution in [2.45, 2.75) is 19.3 Å². The molecular weight excluding hydrogens is 346 g/mol. The third-order valence-electron chi connectivity index (χ3n) is 5.47. The molecule has 8 heteroatoms. The van der Waals surface area contributed by atoms with Crippen molar-refractivity contribution in [1.82, 2.24) is 24.9 Å². The molecule has 0 aliphatic carbocycles. The van der Waals surface area contributed by atoms with Gasteiger partial charge >= 0.3 is 0 Å². The lowest BCUT2D eigenvalue weighted by Crippen LogP contribution is -2.51. The van der Waals surface area contributed by atoms with Crippen LogP contribution >= 0.6 is 0 Å². The van der Waals surface area contributed by atoms with E-state index >= 15 is 0 Å². The third kappa shape index (κ3) is 5.29. The summed E-state index contributed by atoms with van der Waals surface area (Å²) in [5, 5.41) is 7.46. The standard InChI is InChI=1S/C19H31N5O3/c1-22(5-3-4-15-11-21-23(2)14-15)18(25)16-10-17(13-20-12-16)19(26)24-6-8-27-9-7-24/h11,14,16-17,20H,3-10,12-13H2,1-2H3/t16-,17+/m1/s1. The van der Waals surface area contributed by atoms with Crippen LogP contribution in [0.5, 0.6) is 0 Å². The number of carbonyl (C=O) groups is 2. The maximum absolute atomic E-state index is 12.8. The van der Waals surface area contributed by atoms with E-state index < -0.39 is 0 Å². The predicted octanol–water partition coefficient (Wildman–Crippen LogP) is -0.104. The molecule has 1 aromatic heterocycles. The molecule has 27 heavy (non-hydrogen) atoms. The van der Waals surface area contributed by atoms with E-state index in [2.05, 4.69) is 10.4 Å². The second kappa shape index (κ2) is 9.32. The Labute approximate surface area is 160 Å². The van der Waals surface area contributed by atoms with E-state index in [-0.39, 0.29) is 23.7 Å². The Kier molecular flexibility index (Phi) is 6.84. The van der Waals surface area contributed by atoms with Crippen molar-refractivity contribution < 1.29 is 14.3 Å². The van der Waals surface area contributed by atoms with Crippen molar-refractivity contribution in [3.63, 3.8) is 0 Å². The van der Waals surface area contributed by atoms with Crippen LogP contribution in [-0.4, -0.2) is 84.4 Å². The molecule has 2 amide bonds. The van der Waals surface area contributed by atoms with Crippen LogP contribution in [0, 0.1) is 11.8 Å². The van der Waals surface area contributed by atoms with Gasteiger partial charge < -0.3 is 19.9 Å². The highest BCUT2D eigenvalue weighted by Gasteiger charge is 2.34. The molecule has 1 N–H and O–H groups in total. The summed E-state index contributed by atoms with van der Waals surface area (Å²) in [6.07, 6.45) is 6.33. The molecule has 1 aromatic rings. The second-order valence-electron chi connectivity index (χ2n) is 7.61. The van der Waals surface area contributed by atoms with Gasteiger partial charge in [-0.15, -0.1) is 0 Å². The molecule has 0 bridgehead atoms. The lowest BCUT2D eigenvalue weighted by Gasteiger charge is -2.35. The zero-order valence-electron chi connectivity index (χ0n) is 16.4. The van der Waals surface area contributed by atoms with Crippen LogP contribution in [0.2, 0.25) is 0 Å². The van der Waals surface area contributed by atoms with E-state index in [1.165, 1.54) is 5.56 Å². The Hall–Kier alpha value is -1.93. The maximum Gasteiger partial charge on any atom is 0.227 e. The molecule has 0 radical (unpaired) electrons. The fraction of sp³-hybridized carbons (Fsp3) is 0.737. The topological polar surface area (TPSA) is 79.7 Å². The first-order chi connectivity index (χ1) is 13.0. The number of aryl methyl sites for hydroxylation is 2. The monoisotopic (exact) mass is 377 g/mol. The minimum Gasteiger partial charge on any atom is -0.378 e. The summed E-state index contributed by atoms with van der Waals surface area (Å²) in [6.45, 7) is 4.54. The average molecular weight is 377 g/mol. The summed E-state index contributed by atoms with van der Waals surface area (Å²) in [4.78, 5) is 29.2. The highest BCUT2D eigenvalue weighted by Crippen LogP contribution is 2.21. The molecule has 2 fully saturated rings. The van der Waals surface area contributed by atoms with Gasteiger partial charge in [0.2, 0.25) is 11.8 Å². The molecule has 0 aromatic carbocycles. The van der Waals surface area contributed by atoms with Crippen LogP contribution in [-0.2, 0) is 27.8 Å². The zero-order valence-corrected chi connectivity index (χ0v) is 16.4.